The van der Waals surface area contributed by atoms with Gasteiger partial charge in [-0.2, -0.15) is 5.26 Å². The number of aryl methyl sites for hydroxylation is 1. The zero-order valence-electron chi connectivity index (χ0n) is 13.8. The normalized spacial score (nSPS) is 17.3. The van der Waals surface area contributed by atoms with Gasteiger partial charge in [0.2, 0.25) is 11.8 Å². The summed E-state index contributed by atoms with van der Waals surface area (Å²) in [4.78, 5) is 29.9. The van der Waals surface area contributed by atoms with Crippen molar-refractivity contribution in [3.8, 4) is 6.07 Å². The lowest BCUT2D eigenvalue weighted by Gasteiger charge is -2.13. The average molecular weight is 332 g/mol. The Bertz CT molecular complexity index is 696. The predicted octanol–water partition coefficient (Wildman–Crippen LogP) is 1.32. The minimum Gasteiger partial charge on any atom is -0.344 e. The van der Waals surface area contributed by atoms with Gasteiger partial charge in [-0.15, -0.1) is 0 Å². The van der Waals surface area contributed by atoms with E-state index in [4.69, 9.17) is 0 Å². The largest absolute Gasteiger partial charge is 0.344 e. The van der Waals surface area contributed by atoms with Crippen LogP contribution in [-0.4, -0.2) is 47.1 Å². The van der Waals surface area contributed by atoms with E-state index in [0.29, 0.717) is 23.6 Å². The SMILES string of the molecule is Cc1nc(SCC(=O)N[C@H]2CCN(C)C2=O)c(C#N)c(C)c1C. The van der Waals surface area contributed by atoms with E-state index in [0.717, 1.165) is 16.8 Å². The van der Waals surface area contributed by atoms with Crippen molar-refractivity contribution < 1.29 is 9.59 Å². The Balaban J connectivity index is 2.03. The van der Waals surface area contributed by atoms with Crippen LogP contribution < -0.4 is 5.32 Å². The number of aromatic nitrogens is 1. The number of likely N-dealkylation sites (tertiary alicyclic amines) is 1. The Morgan fingerprint density at radius 2 is 2.13 bits per heavy atom. The highest BCUT2D eigenvalue weighted by molar-refractivity contribution is 8.00. The number of amides is 2. The second kappa shape index (κ2) is 7.01. The van der Waals surface area contributed by atoms with Crippen LogP contribution in [0.4, 0.5) is 0 Å². The van der Waals surface area contributed by atoms with Crippen LogP contribution in [0.5, 0.6) is 0 Å². The van der Waals surface area contributed by atoms with E-state index in [2.05, 4.69) is 16.4 Å². The van der Waals surface area contributed by atoms with E-state index in [1.165, 1.54) is 11.8 Å². The first-order valence-corrected chi connectivity index (χ1v) is 8.38. The van der Waals surface area contributed by atoms with Gasteiger partial charge in [0.15, 0.2) is 0 Å². The Labute approximate surface area is 140 Å². The molecule has 0 spiro atoms. The summed E-state index contributed by atoms with van der Waals surface area (Å²) in [6.45, 7) is 6.37. The van der Waals surface area contributed by atoms with Gasteiger partial charge in [0, 0.05) is 19.3 Å². The lowest BCUT2D eigenvalue weighted by Crippen LogP contribution is -2.41. The lowest BCUT2D eigenvalue weighted by atomic mass is 10.1. The maximum atomic E-state index is 12.0. The van der Waals surface area contributed by atoms with Crippen LogP contribution in [0, 0.1) is 32.1 Å². The molecule has 0 aromatic carbocycles. The molecule has 1 aromatic heterocycles. The molecular weight excluding hydrogens is 312 g/mol. The number of nitriles is 1. The van der Waals surface area contributed by atoms with Gasteiger partial charge < -0.3 is 10.2 Å². The number of pyridine rings is 1. The molecule has 122 valence electrons. The summed E-state index contributed by atoms with van der Waals surface area (Å²) < 4.78 is 0. The summed E-state index contributed by atoms with van der Waals surface area (Å²) in [7, 11) is 1.73. The fraction of sp³-hybridized carbons (Fsp3) is 0.500. The summed E-state index contributed by atoms with van der Waals surface area (Å²) in [5, 5.41) is 12.6. The summed E-state index contributed by atoms with van der Waals surface area (Å²) >= 11 is 1.23. The van der Waals surface area contributed by atoms with Gasteiger partial charge >= 0.3 is 0 Å². The molecule has 7 heteroatoms. The van der Waals surface area contributed by atoms with Crippen molar-refractivity contribution in [1.82, 2.24) is 15.2 Å². The van der Waals surface area contributed by atoms with Crippen molar-refractivity contribution in [2.24, 2.45) is 0 Å². The van der Waals surface area contributed by atoms with E-state index in [1.54, 1.807) is 11.9 Å². The van der Waals surface area contributed by atoms with Crippen molar-refractivity contribution in [1.29, 1.82) is 5.26 Å². The van der Waals surface area contributed by atoms with Crippen molar-refractivity contribution in [2.45, 2.75) is 38.3 Å². The van der Waals surface area contributed by atoms with Crippen LogP contribution in [-0.2, 0) is 9.59 Å². The molecule has 2 rings (SSSR count). The minimum atomic E-state index is -0.432. The smallest absolute Gasteiger partial charge is 0.244 e. The molecule has 2 amide bonds. The number of hydrogen-bond acceptors (Lipinski definition) is 5. The van der Waals surface area contributed by atoms with E-state index in [9.17, 15) is 14.9 Å². The molecule has 1 aliphatic heterocycles. The Morgan fingerprint density at radius 1 is 1.43 bits per heavy atom. The van der Waals surface area contributed by atoms with Crippen LogP contribution in [0.3, 0.4) is 0 Å². The quantitative estimate of drug-likeness (QED) is 0.840. The van der Waals surface area contributed by atoms with Crippen molar-refractivity contribution in [3.05, 3.63) is 22.4 Å². The zero-order valence-corrected chi connectivity index (χ0v) is 14.6. The molecule has 0 radical (unpaired) electrons. The zero-order chi connectivity index (χ0) is 17.1. The summed E-state index contributed by atoms with van der Waals surface area (Å²) in [5.74, 6) is -0.136. The van der Waals surface area contributed by atoms with Gasteiger partial charge in [-0.25, -0.2) is 4.98 Å². The highest BCUT2D eigenvalue weighted by Crippen LogP contribution is 2.26. The molecule has 2 heterocycles. The molecule has 6 nitrogen and oxygen atoms in total. The fourth-order valence-corrected chi connectivity index (χ4v) is 3.37. The summed E-state index contributed by atoms with van der Waals surface area (Å²) in [6, 6.07) is 1.73. The predicted molar refractivity (Wildman–Crippen MR) is 88.1 cm³/mol. The number of thioether (sulfide) groups is 1. The first-order chi connectivity index (χ1) is 10.8. The molecule has 0 aliphatic carbocycles. The number of carbonyl (C=O) groups is 2. The molecule has 1 aliphatic rings. The van der Waals surface area contributed by atoms with Gasteiger partial charge in [0.1, 0.15) is 17.1 Å². The average Bonchev–Trinajstić information content (AvgIpc) is 2.82. The molecule has 1 N–H and O–H groups in total. The number of nitrogens with one attached hydrogen (secondary N) is 1. The number of nitrogens with zero attached hydrogens (tertiary/aromatic N) is 3. The first-order valence-electron chi connectivity index (χ1n) is 7.40. The summed E-state index contributed by atoms with van der Waals surface area (Å²) in [6.07, 6.45) is 0.635. The van der Waals surface area contributed by atoms with Gasteiger partial charge in [-0.1, -0.05) is 11.8 Å². The molecule has 0 unspecified atom stereocenters. The molecule has 1 atom stereocenters. The van der Waals surface area contributed by atoms with Gasteiger partial charge in [-0.05, 0) is 38.3 Å². The third-order valence-corrected chi connectivity index (χ3v) is 5.15. The van der Waals surface area contributed by atoms with E-state index < -0.39 is 6.04 Å². The number of carbonyl (C=O) groups excluding carboxylic acids is 2. The first kappa shape index (κ1) is 17.3. The van der Waals surface area contributed by atoms with Crippen LogP contribution in [0.2, 0.25) is 0 Å². The monoisotopic (exact) mass is 332 g/mol. The number of likely N-dealkylation sites (N-methyl/N-ethyl adjacent to an activating group) is 1. The standard InChI is InChI=1S/C16H20N4O2S/c1-9-10(2)12(7-17)15(18-11(9)3)23-8-14(21)19-13-5-6-20(4)16(13)22/h13H,5-6,8H2,1-4H3,(H,19,21)/t13-/m0/s1. The summed E-state index contributed by atoms with van der Waals surface area (Å²) in [5.41, 5.74) is 3.27. The molecule has 1 fully saturated rings. The van der Waals surface area contributed by atoms with Gasteiger partial charge in [0.25, 0.3) is 0 Å². The van der Waals surface area contributed by atoms with E-state index >= 15 is 0 Å². The lowest BCUT2D eigenvalue weighted by molar-refractivity contribution is -0.131. The molecule has 0 bridgehead atoms. The Kier molecular flexibility index (Phi) is 5.26. The van der Waals surface area contributed by atoms with Crippen LogP contribution in [0.1, 0.15) is 28.8 Å². The third-order valence-electron chi connectivity index (χ3n) is 4.18. The van der Waals surface area contributed by atoms with Crippen LogP contribution >= 0.6 is 11.8 Å². The van der Waals surface area contributed by atoms with Gasteiger partial charge in [0.05, 0.1) is 11.3 Å². The maximum absolute atomic E-state index is 12.0. The van der Waals surface area contributed by atoms with E-state index in [1.807, 2.05) is 20.8 Å². The molecule has 1 saturated heterocycles. The maximum Gasteiger partial charge on any atom is 0.244 e. The van der Waals surface area contributed by atoms with E-state index in [-0.39, 0.29) is 17.6 Å². The van der Waals surface area contributed by atoms with Crippen LogP contribution in [0.25, 0.3) is 0 Å². The van der Waals surface area contributed by atoms with Crippen molar-refractivity contribution in [2.75, 3.05) is 19.3 Å². The van der Waals surface area contributed by atoms with Crippen LogP contribution in [0.15, 0.2) is 5.03 Å². The Morgan fingerprint density at radius 3 is 2.70 bits per heavy atom. The van der Waals surface area contributed by atoms with Crippen molar-refractivity contribution in [3.63, 3.8) is 0 Å². The number of hydrogen-bond donors (Lipinski definition) is 1. The van der Waals surface area contributed by atoms with Gasteiger partial charge in [-0.3, -0.25) is 9.59 Å². The highest BCUT2D eigenvalue weighted by atomic mass is 32.2. The molecular formula is C16H20N4O2S. The molecule has 23 heavy (non-hydrogen) atoms. The topological polar surface area (TPSA) is 86.1 Å². The second-order valence-electron chi connectivity index (χ2n) is 5.70. The molecule has 1 aromatic rings. The highest BCUT2D eigenvalue weighted by Gasteiger charge is 2.30. The second-order valence-corrected chi connectivity index (χ2v) is 6.66. The Hall–Kier alpha value is -2.07. The molecule has 0 saturated carbocycles. The van der Waals surface area contributed by atoms with Crippen molar-refractivity contribution >= 4 is 23.6 Å². The minimum absolute atomic E-state index is 0.0544. The fourth-order valence-electron chi connectivity index (χ4n) is 2.47. The number of rotatable bonds is 4. The third kappa shape index (κ3) is 3.64.